The third-order valence-electron chi connectivity index (χ3n) is 5.71. The fourth-order valence-electron chi connectivity index (χ4n) is 4.06. The van der Waals surface area contributed by atoms with Gasteiger partial charge >= 0.3 is 0 Å². The van der Waals surface area contributed by atoms with Crippen molar-refractivity contribution < 1.29 is 9.59 Å². The number of imidazole rings is 1. The highest BCUT2D eigenvalue weighted by Gasteiger charge is 2.27. The Morgan fingerprint density at radius 2 is 1.91 bits per heavy atom. The number of likely N-dealkylation sites (tertiary alicyclic amines) is 1. The van der Waals surface area contributed by atoms with E-state index in [1.807, 2.05) is 52.7 Å². The second-order valence-electron chi connectivity index (χ2n) is 7.96. The lowest BCUT2D eigenvalue weighted by Gasteiger charge is -2.31. The molecule has 0 saturated carbocycles. The van der Waals surface area contributed by atoms with Gasteiger partial charge in [0.2, 0.25) is 5.91 Å². The summed E-state index contributed by atoms with van der Waals surface area (Å²) in [6, 6.07) is 17.0. The molecule has 4 aromatic rings. The Labute approximate surface area is 189 Å². The van der Waals surface area contributed by atoms with Gasteiger partial charge in [0.25, 0.3) is 5.91 Å². The lowest BCUT2D eigenvalue weighted by Crippen LogP contribution is -2.40. The molecule has 2 amide bonds. The van der Waals surface area contributed by atoms with Gasteiger partial charge in [-0.1, -0.05) is 30.3 Å². The maximum atomic E-state index is 12.9. The van der Waals surface area contributed by atoms with Crippen LogP contribution in [0.2, 0.25) is 0 Å². The van der Waals surface area contributed by atoms with Crippen molar-refractivity contribution in [1.29, 1.82) is 0 Å². The number of aromatic amines is 1. The minimum absolute atomic E-state index is 0.0528. The van der Waals surface area contributed by atoms with Gasteiger partial charge in [0.1, 0.15) is 5.82 Å². The Bertz CT molecular complexity index is 1220. The molecule has 1 unspecified atom stereocenters. The number of nitrogens with zero attached hydrogens (tertiary/aromatic N) is 3. The molecule has 2 aromatic carbocycles. The SMILES string of the molecule is O=C(Nc1nc(CC(=O)N2CCCC(c3nc4ccccc4[nH]3)C2)cs1)c1ccccc1. The highest BCUT2D eigenvalue weighted by atomic mass is 32.1. The largest absolute Gasteiger partial charge is 0.342 e. The van der Waals surface area contributed by atoms with Gasteiger partial charge in [0, 0.05) is 30.0 Å². The van der Waals surface area contributed by atoms with E-state index < -0.39 is 0 Å². The first-order chi connectivity index (χ1) is 15.7. The normalized spacial score (nSPS) is 16.2. The average Bonchev–Trinajstić information content (AvgIpc) is 3.46. The zero-order chi connectivity index (χ0) is 21.9. The van der Waals surface area contributed by atoms with Crippen molar-refractivity contribution in [2.24, 2.45) is 0 Å². The van der Waals surface area contributed by atoms with Crippen molar-refractivity contribution in [3.05, 3.63) is 77.1 Å². The summed E-state index contributed by atoms with van der Waals surface area (Å²) in [6.45, 7) is 1.40. The molecule has 0 aliphatic carbocycles. The van der Waals surface area contributed by atoms with Crippen molar-refractivity contribution in [3.63, 3.8) is 0 Å². The lowest BCUT2D eigenvalue weighted by atomic mass is 9.97. The minimum atomic E-state index is -0.206. The van der Waals surface area contributed by atoms with Crippen molar-refractivity contribution in [3.8, 4) is 0 Å². The fourth-order valence-corrected chi connectivity index (χ4v) is 4.77. The van der Waals surface area contributed by atoms with Crippen molar-refractivity contribution in [2.45, 2.75) is 25.2 Å². The molecule has 1 atom stereocenters. The van der Waals surface area contributed by atoms with E-state index in [9.17, 15) is 9.59 Å². The smallest absolute Gasteiger partial charge is 0.257 e. The van der Waals surface area contributed by atoms with E-state index in [4.69, 9.17) is 4.98 Å². The number of rotatable bonds is 5. The van der Waals surface area contributed by atoms with Gasteiger partial charge in [0.05, 0.1) is 23.1 Å². The molecule has 2 aromatic heterocycles. The van der Waals surface area contributed by atoms with E-state index in [1.54, 1.807) is 12.1 Å². The van der Waals surface area contributed by atoms with Gasteiger partial charge in [-0.2, -0.15) is 0 Å². The molecule has 0 bridgehead atoms. The maximum absolute atomic E-state index is 12.9. The summed E-state index contributed by atoms with van der Waals surface area (Å²) in [7, 11) is 0. The number of carbonyl (C=O) groups is 2. The zero-order valence-electron chi connectivity index (χ0n) is 17.5. The van der Waals surface area contributed by atoms with Crippen LogP contribution >= 0.6 is 11.3 Å². The Hall–Kier alpha value is -3.52. The zero-order valence-corrected chi connectivity index (χ0v) is 18.3. The Morgan fingerprint density at radius 1 is 1.09 bits per heavy atom. The standard InChI is InChI=1S/C24H23N5O2S/c30-21(13-18-15-32-24(25-18)28-23(31)16-7-2-1-3-8-16)29-12-6-9-17(14-29)22-26-19-10-4-5-11-20(19)27-22/h1-5,7-8,10-11,15,17H,6,9,12-14H2,(H,26,27)(H,25,28,31). The van der Waals surface area contributed by atoms with Crippen LogP contribution < -0.4 is 5.32 Å². The number of nitrogens with one attached hydrogen (secondary N) is 2. The highest BCUT2D eigenvalue weighted by molar-refractivity contribution is 7.14. The summed E-state index contributed by atoms with van der Waals surface area (Å²) in [4.78, 5) is 39.7. The van der Waals surface area contributed by atoms with E-state index in [0.29, 0.717) is 22.9 Å². The van der Waals surface area contributed by atoms with Crippen molar-refractivity contribution in [1.82, 2.24) is 19.9 Å². The van der Waals surface area contributed by atoms with Crippen LogP contribution in [0.1, 0.15) is 40.6 Å². The van der Waals surface area contributed by atoms with Gasteiger partial charge in [-0.05, 0) is 37.1 Å². The molecular formula is C24H23N5O2S. The summed E-state index contributed by atoms with van der Waals surface area (Å²) in [5, 5.41) is 5.14. The quantitative estimate of drug-likeness (QED) is 0.481. The Balaban J connectivity index is 1.21. The number of piperidine rings is 1. The molecule has 8 heteroatoms. The van der Waals surface area contributed by atoms with Gasteiger partial charge in [0.15, 0.2) is 5.13 Å². The molecule has 3 heterocycles. The summed E-state index contributed by atoms with van der Waals surface area (Å²) < 4.78 is 0. The number of fused-ring (bicyclic) bond motifs is 1. The van der Waals surface area contributed by atoms with E-state index in [2.05, 4.69) is 15.3 Å². The lowest BCUT2D eigenvalue weighted by molar-refractivity contribution is -0.131. The molecule has 32 heavy (non-hydrogen) atoms. The molecule has 1 saturated heterocycles. The predicted octanol–water partition coefficient (Wildman–Crippen LogP) is 4.22. The number of benzene rings is 2. The van der Waals surface area contributed by atoms with Crippen LogP contribution in [0.5, 0.6) is 0 Å². The third kappa shape index (κ3) is 4.40. The van der Waals surface area contributed by atoms with Crippen molar-refractivity contribution in [2.75, 3.05) is 18.4 Å². The number of thiazole rings is 1. The first-order valence-corrected chi connectivity index (χ1v) is 11.6. The number of anilines is 1. The van der Waals surface area contributed by atoms with E-state index in [1.165, 1.54) is 11.3 Å². The summed E-state index contributed by atoms with van der Waals surface area (Å²) in [5.41, 5.74) is 3.23. The minimum Gasteiger partial charge on any atom is -0.342 e. The first kappa shape index (κ1) is 20.4. The highest BCUT2D eigenvalue weighted by Crippen LogP contribution is 2.27. The molecule has 0 radical (unpaired) electrons. The number of amides is 2. The molecule has 0 spiro atoms. The molecule has 162 valence electrons. The van der Waals surface area contributed by atoms with Gasteiger partial charge < -0.3 is 9.88 Å². The van der Waals surface area contributed by atoms with Crippen molar-refractivity contribution >= 4 is 39.3 Å². The van der Waals surface area contributed by atoms with Gasteiger partial charge in [-0.15, -0.1) is 11.3 Å². The van der Waals surface area contributed by atoms with Crippen LogP contribution in [0.15, 0.2) is 60.0 Å². The molecule has 5 rings (SSSR count). The second-order valence-corrected chi connectivity index (χ2v) is 8.82. The topological polar surface area (TPSA) is 91.0 Å². The van der Waals surface area contributed by atoms with E-state index >= 15 is 0 Å². The van der Waals surface area contributed by atoms with Gasteiger partial charge in [-0.25, -0.2) is 9.97 Å². The Kier molecular flexibility index (Phi) is 5.68. The molecule has 1 aliphatic heterocycles. The fraction of sp³-hybridized carbons (Fsp3) is 0.250. The number of carbonyl (C=O) groups excluding carboxylic acids is 2. The Morgan fingerprint density at radius 3 is 2.75 bits per heavy atom. The molecule has 1 aliphatic rings. The van der Waals surface area contributed by atoms with Crippen LogP contribution in [-0.2, 0) is 11.2 Å². The van der Waals surface area contributed by atoms with E-state index in [0.717, 1.165) is 36.2 Å². The van der Waals surface area contributed by atoms with Gasteiger partial charge in [-0.3, -0.25) is 14.9 Å². The summed E-state index contributed by atoms with van der Waals surface area (Å²) in [6.07, 6.45) is 2.18. The van der Waals surface area contributed by atoms with Crippen LogP contribution in [0.4, 0.5) is 5.13 Å². The molecule has 2 N–H and O–H groups in total. The molecule has 1 fully saturated rings. The van der Waals surface area contributed by atoms with Crippen LogP contribution in [0.3, 0.4) is 0 Å². The monoisotopic (exact) mass is 445 g/mol. The first-order valence-electron chi connectivity index (χ1n) is 10.7. The number of hydrogen-bond acceptors (Lipinski definition) is 5. The second kappa shape index (κ2) is 8.92. The summed E-state index contributed by atoms with van der Waals surface area (Å²) >= 11 is 1.33. The van der Waals surface area contributed by atoms with Crippen LogP contribution in [-0.4, -0.2) is 44.8 Å². The molecular weight excluding hydrogens is 422 g/mol. The maximum Gasteiger partial charge on any atom is 0.257 e. The van der Waals surface area contributed by atoms with Crippen LogP contribution in [0, 0.1) is 0 Å². The number of hydrogen-bond donors (Lipinski definition) is 2. The third-order valence-corrected chi connectivity index (χ3v) is 6.52. The number of aromatic nitrogens is 3. The van der Waals surface area contributed by atoms with E-state index in [-0.39, 0.29) is 24.2 Å². The molecule has 7 nitrogen and oxygen atoms in total. The summed E-state index contributed by atoms with van der Waals surface area (Å²) in [5.74, 6) is 0.999. The number of para-hydroxylation sites is 2. The average molecular weight is 446 g/mol. The van der Waals surface area contributed by atoms with Crippen LogP contribution in [0.25, 0.3) is 11.0 Å². The predicted molar refractivity (Wildman–Crippen MR) is 125 cm³/mol. The number of H-pyrrole nitrogens is 1.